The van der Waals surface area contributed by atoms with Crippen LogP contribution in [0.25, 0.3) is 0 Å². The molecule has 0 aromatic rings. The number of carbonyl (C=O) groups is 2. The van der Waals surface area contributed by atoms with E-state index in [1.807, 2.05) is 24.9 Å². The molecule has 0 N–H and O–H groups in total. The highest BCUT2D eigenvalue weighted by molar-refractivity contribution is 5.58. The van der Waals surface area contributed by atoms with Crippen molar-refractivity contribution in [2.75, 3.05) is 13.7 Å². The average Bonchev–Trinajstić information content (AvgIpc) is 2.30. The first-order valence-corrected chi connectivity index (χ1v) is 5.99. The van der Waals surface area contributed by atoms with Crippen LogP contribution in [0.1, 0.15) is 33.6 Å². The predicted octanol–water partition coefficient (Wildman–Crippen LogP) is 2.00. The van der Waals surface area contributed by atoms with Gasteiger partial charge in [-0.25, -0.2) is 0 Å². The average molecular weight is 241 g/mol. The van der Waals surface area contributed by atoms with E-state index in [4.69, 9.17) is 4.74 Å². The predicted molar refractivity (Wildman–Crippen MR) is 67.5 cm³/mol. The molecule has 0 fully saturated rings. The summed E-state index contributed by atoms with van der Waals surface area (Å²) in [5.74, 6) is 0.447. The van der Waals surface area contributed by atoms with Crippen molar-refractivity contribution in [2.45, 2.75) is 39.7 Å². The van der Waals surface area contributed by atoms with Crippen molar-refractivity contribution in [1.82, 2.24) is 4.90 Å². The van der Waals surface area contributed by atoms with Gasteiger partial charge < -0.3 is 14.4 Å². The minimum absolute atomic E-state index is 0.164. The maximum Gasteiger partial charge on any atom is 0.293 e. The van der Waals surface area contributed by atoms with E-state index in [-0.39, 0.29) is 12.6 Å². The van der Waals surface area contributed by atoms with Crippen LogP contribution in [0.5, 0.6) is 0 Å². The Hall–Kier alpha value is -1.32. The molecule has 0 spiro atoms. The van der Waals surface area contributed by atoms with Crippen LogP contribution < -0.4 is 0 Å². The Morgan fingerprint density at radius 3 is 2.41 bits per heavy atom. The van der Waals surface area contributed by atoms with Crippen molar-refractivity contribution in [2.24, 2.45) is 5.92 Å². The van der Waals surface area contributed by atoms with Gasteiger partial charge >= 0.3 is 0 Å². The Bertz CT molecular complexity index is 261. The Kier molecular flexibility index (Phi) is 8.11. The summed E-state index contributed by atoms with van der Waals surface area (Å²) in [5.41, 5.74) is 0.873. The molecular weight excluding hydrogens is 218 g/mol. The molecule has 0 aliphatic rings. The molecular formula is C13H23NO3. The highest BCUT2D eigenvalue weighted by Crippen LogP contribution is 2.14. The van der Waals surface area contributed by atoms with Crippen molar-refractivity contribution < 1.29 is 14.3 Å². The molecule has 0 radical (unpaired) electrons. The quantitative estimate of drug-likeness (QED) is 0.579. The second-order valence-electron chi connectivity index (χ2n) is 4.45. The number of rotatable bonds is 9. The lowest BCUT2D eigenvalue weighted by molar-refractivity contribution is -0.128. The van der Waals surface area contributed by atoms with Crippen LogP contribution in [-0.2, 0) is 14.3 Å². The maximum atomic E-state index is 11.1. The number of allylic oxidation sites excluding steroid dienone is 1. The number of hydrogen-bond donors (Lipinski definition) is 0. The Morgan fingerprint density at radius 1 is 1.35 bits per heavy atom. The van der Waals surface area contributed by atoms with Crippen LogP contribution >= 0.6 is 0 Å². The van der Waals surface area contributed by atoms with Crippen molar-refractivity contribution in [1.29, 1.82) is 0 Å². The lowest BCUT2D eigenvalue weighted by Gasteiger charge is -2.29. The largest absolute Gasteiger partial charge is 0.461 e. The molecule has 0 aliphatic heterocycles. The molecule has 98 valence electrons. The summed E-state index contributed by atoms with van der Waals surface area (Å²) in [6.07, 6.45) is 4.56. The molecule has 0 aromatic carbocycles. The van der Waals surface area contributed by atoms with Gasteiger partial charge in [-0.15, -0.1) is 0 Å². The zero-order valence-electron chi connectivity index (χ0n) is 11.2. The number of ether oxygens (including phenoxy) is 1. The maximum absolute atomic E-state index is 11.1. The number of aldehydes is 1. The second-order valence-corrected chi connectivity index (χ2v) is 4.45. The van der Waals surface area contributed by atoms with E-state index in [9.17, 15) is 9.59 Å². The van der Waals surface area contributed by atoms with Crippen LogP contribution in [0.4, 0.5) is 0 Å². The fourth-order valence-corrected chi connectivity index (χ4v) is 1.66. The summed E-state index contributed by atoms with van der Waals surface area (Å²) < 4.78 is 4.76. The molecule has 0 heterocycles. The minimum Gasteiger partial charge on any atom is -0.461 e. The molecule has 4 nitrogen and oxygen atoms in total. The van der Waals surface area contributed by atoms with Gasteiger partial charge in [0.1, 0.15) is 12.9 Å². The standard InChI is InChI=1S/C13H23NO3/c1-5-6-12(9-17-10-16)14(4)13(8-15)7-11(2)3/h6,8,10-11,13H,5,7,9H2,1-4H3/b12-6-. The third-order valence-corrected chi connectivity index (χ3v) is 2.56. The molecule has 1 atom stereocenters. The van der Waals surface area contributed by atoms with Gasteiger partial charge in [0.05, 0.1) is 6.04 Å². The van der Waals surface area contributed by atoms with Crippen molar-refractivity contribution in [3.05, 3.63) is 11.8 Å². The fourth-order valence-electron chi connectivity index (χ4n) is 1.66. The van der Waals surface area contributed by atoms with Gasteiger partial charge in [-0.3, -0.25) is 4.79 Å². The second kappa shape index (κ2) is 8.79. The monoisotopic (exact) mass is 241 g/mol. The molecule has 0 amide bonds. The normalized spacial score (nSPS) is 13.4. The van der Waals surface area contributed by atoms with Crippen molar-refractivity contribution in [3.63, 3.8) is 0 Å². The summed E-state index contributed by atoms with van der Waals surface area (Å²) in [6, 6.07) is -0.164. The van der Waals surface area contributed by atoms with E-state index in [1.54, 1.807) is 0 Å². The van der Waals surface area contributed by atoms with E-state index < -0.39 is 0 Å². The van der Waals surface area contributed by atoms with Crippen LogP contribution in [0.3, 0.4) is 0 Å². The minimum atomic E-state index is -0.164. The molecule has 0 saturated carbocycles. The number of likely N-dealkylation sites (N-methyl/N-ethyl adjacent to an activating group) is 1. The summed E-state index contributed by atoms with van der Waals surface area (Å²) in [4.78, 5) is 23.2. The number of carbonyl (C=O) groups excluding carboxylic acids is 2. The van der Waals surface area contributed by atoms with Gasteiger partial charge in [-0.1, -0.05) is 26.8 Å². The number of nitrogens with zero attached hydrogens (tertiary/aromatic N) is 1. The zero-order valence-corrected chi connectivity index (χ0v) is 11.2. The molecule has 1 unspecified atom stereocenters. The molecule has 0 aliphatic carbocycles. The van der Waals surface area contributed by atoms with Gasteiger partial charge in [0.2, 0.25) is 0 Å². The first-order valence-electron chi connectivity index (χ1n) is 5.99. The summed E-state index contributed by atoms with van der Waals surface area (Å²) >= 11 is 0. The zero-order chi connectivity index (χ0) is 13.3. The van der Waals surface area contributed by atoms with Gasteiger partial charge in [0, 0.05) is 12.7 Å². The van der Waals surface area contributed by atoms with Crippen molar-refractivity contribution in [3.8, 4) is 0 Å². The first kappa shape index (κ1) is 15.7. The van der Waals surface area contributed by atoms with Crippen molar-refractivity contribution >= 4 is 12.8 Å². The molecule has 17 heavy (non-hydrogen) atoms. The topological polar surface area (TPSA) is 46.6 Å². The summed E-state index contributed by atoms with van der Waals surface area (Å²) in [7, 11) is 1.86. The third kappa shape index (κ3) is 6.09. The molecule has 0 saturated heterocycles. The van der Waals surface area contributed by atoms with E-state index in [0.717, 1.165) is 24.8 Å². The van der Waals surface area contributed by atoms with E-state index in [1.165, 1.54) is 0 Å². The SMILES string of the molecule is CC/C=C(/COC=O)N(C)C(C=O)CC(C)C. The van der Waals surface area contributed by atoms with E-state index in [0.29, 0.717) is 12.4 Å². The lowest BCUT2D eigenvalue weighted by Crippen LogP contribution is -2.35. The van der Waals surface area contributed by atoms with Gasteiger partial charge in [-0.05, 0) is 18.8 Å². The highest BCUT2D eigenvalue weighted by Gasteiger charge is 2.17. The van der Waals surface area contributed by atoms with E-state index >= 15 is 0 Å². The number of hydrogen-bond acceptors (Lipinski definition) is 4. The van der Waals surface area contributed by atoms with Crippen LogP contribution in [0.15, 0.2) is 11.8 Å². The molecule has 0 bridgehead atoms. The van der Waals surface area contributed by atoms with E-state index in [2.05, 4.69) is 13.8 Å². The van der Waals surface area contributed by atoms with Crippen LogP contribution in [-0.4, -0.2) is 37.4 Å². The molecule has 0 rings (SSSR count). The fraction of sp³-hybridized carbons (Fsp3) is 0.692. The van der Waals surface area contributed by atoms with Crippen LogP contribution in [0.2, 0.25) is 0 Å². The van der Waals surface area contributed by atoms with Crippen LogP contribution in [0, 0.1) is 5.92 Å². The van der Waals surface area contributed by atoms with Gasteiger partial charge in [0.25, 0.3) is 6.47 Å². The molecule has 0 aromatic heterocycles. The Balaban J connectivity index is 4.65. The Morgan fingerprint density at radius 2 is 2.00 bits per heavy atom. The highest BCUT2D eigenvalue weighted by atomic mass is 16.5. The van der Waals surface area contributed by atoms with Gasteiger partial charge in [-0.2, -0.15) is 0 Å². The lowest BCUT2D eigenvalue weighted by atomic mass is 10.0. The smallest absolute Gasteiger partial charge is 0.293 e. The first-order chi connectivity index (χ1) is 8.06. The summed E-state index contributed by atoms with van der Waals surface area (Å²) in [5, 5.41) is 0. The van der Waals surface area contributed by atoms with Gasteiger partial charge in [0.15, 0.2) is 0 Å². The molecule has 4 heteroatoms. The third-order valence-electron chi connectivity index (χ3n) is 2.56. The summed E-state index contributed by atoms with van der Waals surface area (Å²) in [6.45, 7) is 6.81. The Labute approximate surface area is 104 Å².